The summed E-state index contributed by atoms with van der Waals surface area (Å²) in [6, 6.07) is 7.52. The van der Waals surface area contributed by atoms with Crippen LogP contribution in [0, 0.1) is 17.1 Å². The summed E-state index contributed by atoms with van der Waals surface area (Å²) in [6.07, 6.45) is 4.71. The monoisotopic (exact) mass is 275 g/mol. The summed E-state index contributed by atoms with van der Waals surface area (Å²) in [5.41, 5.74) is 0.784. The van der Waals surface area contributed by atoms with Crippen molar-refractivity contribution in [2.24, 2.45) is 0 Å². The molecule has 1 N–H and O–H groups in total. The van der Waals surface area contributed by atoms with Gasteiger partial charge in [0.05, 0.1) is 5.56 Å². The van der Waals surface area contributed by atoms with Gasteiger partial charge in [0.25, 0.3) is 0 Å². The summed E-state index contributed by atoms with van der Waals surface area (Å²) in [5, 5.41) is 12.1. The van der Waals surface area contributed by atoms with Crippen molar-refractivity contribution in [3.63, 3.8) is 0 Å². The average Bonchev–Trinajstić information content (AvgIpc) is 2.48. The number of nitriles is 1. The van der Waals surface area contributed by atoms with E-state index in [4.69, 9.17) is 5.26 Å². The normalized spacial score (nSPS) is 19.8. The van der Waals surface area contributed by atoms with E-state index < -0.39 is 0 Å². The minimum Gasteiger partial charge on any atom is -0.320 e. The molecule has 1 heterocycles. The van der Waals surface area contributed by atoms with Crippen LogP contribution in [0.5, 0.6) is 0 Å². The topological polar surface area (TPSA) is 39.1 Å². The maximum Gasteiger partial charge on any atom is 0.145 e. The van der Waals surface area contributed by atoms with Gasteiger partial charge in [0.15, 0.2) is 0 Å². The number of hydrogen-bond acceptors (Lipinski definition) is 3. The fourth-order valence-corrected chi connectivity index (χ4v) is 2.91. The lowest BCUT2D eigenvalue weighted by Crippen LogP contribution is -2.40. The minimum atomic E-state index is -0.354. The molecule has 0 aliphatic carbocycles. The number of likely N-dealkylation sites (tertiary alicyclic amines) is 1. The van der Waals surface area contributed by atoms with E-state index in [-0.39, 0.29) is 11.4 Å². The maximum absolute atomic E-state index is 14.1. The number of nitrogens with zero attached hydrogens (tertiary/aromatic N) is 2. The Labute approximate surface area is 120 Å². The molecule has 1 aromatic rings. The largest absolute Gasteiger partial charge is 0.320 e. The van der Waals surface area contributed by atoms with E-state index in [1.165, 1.54) is 25.3 Å². The summed E-state index contributed by atoms with van der Waals surface area (Å²) >= 11 is 0. The molecular weight excluding hydrogens is 253 g/mol. The lowest BCUT2D eigenvalue weighted by Gasteiger charge is -2.36. The molecule has 108 valence electrons. The van der Waals surface area contributed by atoms with Gasteiger partial charge in [0, 0.05) is 18.2 Å². The molecule has 0 spiro atoms. The van der Waals surface area contributed by atoms with Gasteiger partial charge in [0.1, 0.15) is 11.9 Å². The van der Waals surface area contributed by atoms with E-state index in [1.54, 1.807) is 12.1 Å². The SMILES string of the molecule is CNCCC1CCCCN1Cc1cccc(C#N)c1F. The molecule has 0 radical (unpaired) electrons. The summed E-state index contributed by atoms with van der Waals surface area (Å²) in [6.45, 7) is 2.61. The van der Waals surface area contributed by atoms with Crippen LogP contribution in [-0.2, 0) is 6.54 Å². The second kappa shape index (κ2) is 7.37. The highest BCUT2D eigenvalue weighted by atomic mass is 19.1. The number of hydrogen-bond donors (Lipinski definition) is 1. The molecule has 0 saturated carbocycles. The Balaban J connectivity index is 2.09. The molecule has 1 unspecified atom stereocenters. The van der Waals surface area contributed by atoms with Crippen LogP contribution in [-0.4, -0.2) is 31.1 Å². The molecule has 20 heavy (non-hydrogen) atoms. The van der Waals surface area contributed by atoms with Gasteiger partial charge in [0.2, 0.25) is 0 Å². The van der Waals surface area contributed by atoms with Crippen molar-refractivity contribution in [3.05, 3.63) is 35.1 Å². The molecule has 4 heteroatoms. The number of benzene rings is 1. The van der Waals surface area contributed by atoms with Gasteiger partial charge in [-0.2, -0.15) is 5.26 Å². The molecule has 2 rings (SSSR count). The third kappa shape index (κ3) is 3.56. The molecule has 0 aromatic heterocycles. The number of nitrogens with one attached hydrogen (secondary N) is 1. The van der Waals surface area contributed by atoms with E-state index >= 15 is 0 Å². The van der Waals surface area contributed by atoms with Crippen molar-refractivity contribution in [3.8, 4) is 6.07 Å². The van der Waals surface area contributed by atoms with Crippen LogP contribution >= 0.6 is 0 Å². The standard InChI is InChI=1S/C16H22FN3/c1-19-9-8-15-7-2-3-10-20(15)12-14-6-4-5-13(11-18)16(14)17/h4-6,15,19H,2-3,7-10,12H2,1H3. The average molecular weight is 275 g/mol. The molecule has 1 fully saturated rings. The van der Waals surface area contributed by atoms with Crippen molar-refractivity contribution in [2.75, 3.05) is 20.1 Å². The van der Waals surface area contributed by atoms with E-state index in [0.29, 0.717) is 18.2 Å². The molecular formula is C16H22FN3. The smallest absolute Gasteiger partial charge is 0.145 e. The van der Waals surface area contributed by atoms with Crippen LogP contribution in [0.2, 0.25) is 0 Å². The molecule has 3 nitrogen and oxygen atoms in total. The van der Waals surface area contributed by atoms with Crippen molar-refractivity contribution in [2.45, 2.75) is 38.3 Å². The van der Waals surface area contributed by atoms with Crippen molar-refractivity contribution in [1.29, 1.82) is 5.26 Å². The predicted molar refractivity (Wildman–Crippen MR) is 77.7 cm³/mol. The minimum absolute atomic E-state index is 0.145. The van der Waals surface area contributed by atoms with Gasteiger partial charge in [-0.3, -0.25) is 4.90 Å². The molecule has 1 aliphatic rings. The first-order valence-corrected chi connectivity index (χ1v) is 7.32. The Morgan fingerprint density at radius 1 is 1.45 bits per heavy atom. The van der Waals surface area contributed by atoms with Gasteiger partial charge >= 0.3 is 0 Å². The molecule has 1 aromatic carbocycles. The lowest BCUT2D eigenvalue weighted by molar-refractivity contribution is 0.131. The Morgan fingerprint density at radius 2 is 2.30 bits per heavy atom. The van der Waals surface area contributed by atoms with Crippen molar-refractivity contribution >= 4 is 0 Å². The van der Waals surface area contributed by atoms with Crippen molar-refractivity contribution < 1.29 is 4.39 Å². The molecule has 1 aliphatic heterocycles. The van der Waals surface area contributed by atoms with Gasteiger partial charge in [-0.05, 0) is 45.5 Å². The van der Waals surface area contributed by atoms with E-state index in [9.17, 15) is 4.39 Å². The summed E-state index contributed by atoms with van der Waals surface area (Å²) < 4.78 is 14.1. The molecule has 1 saturated heterocycles. The van der Waals surface area contributed by atoms with Gasteiger partial charge < -0.3 is 5.32 Å². The molecule has 0 amide bonds. The summed E-state index contributed by atoms with van der Waals surface area (Å²) in [4.78, 5) is 2.36. The maximum atomic E-state index is 14.1. The zero-order valence-corrected chi connectivity index (χ0v) is 12.0. The number of rotatable bonds is 5. The molecule has 1 atom stereocenters. The first kappa shape index (κ1) is 15.0. The number of halogens is 1. The first-order chi connectivity index (χ1) is 9.76. The van der Waals surface area contributed by atoms with Crippen LogP contribution in [0.3, 0.4) is 0 Å². The van der Waals surface area contributed by atoms with E-state index in [2.05, 4.69) is 10.2 Å². The Bertz CT molecular complexity index is 481. The Morgan fingerprint density at radius 3 is 3.05 bits per heavy atom. The fraction of sp³-hybridized carbons (Fsp3) is 0.562. The highest BCUT2D eigenvalue weighted by Crippen LogP contribution is 2.23. The molecule has 0 bridgehead atoms. The van der Waals surface area contributed by atoms with Crippen LogP contribution in [0.4, 0.5) is 4.39 Å². The second-order valence-corrected chi connectivity index (χ2v) is 5.40. The number of piperidine rings is 1. The Kier molecular flexibility index (Phi) is 5.51. The Hall–Kier alpha value is -1.44. The van der Waals surface area contributed by atoms with E-state index in [0.717, 1.165) is 19.5 Å². The quantitative estimate of drug-likeness (QED) is 0.898. The van der Waals surface area contributed by atoms with Gasteiger partial charge in [-0.1, -0.05) is 18.6 Å². The summed E-state index contributed by atoms with van der Waals surface area (Å²) in [5.74, 6) is -0.354. The fourth-order valence-electron chi connectivity index (χ4n) is 2.91. The summed E-state index contributed by atoms with van der Waals surface area (Å²) in [7, 11) is 1.96. The zero-order chi connectivity index (χ0) is 14.4. The highest BCUT2D eigenvalue weighted by Gasteiger charge is 2.23. The van der Waals surface area contributed by atoms with E-state index in [1.807, 2.05) is 13.1 Å². The zero-order valence-electron chi connectivity index (χ0n) is 12.0. The van der Waals surface area contributed by atoms with Crippen LogP contribution in [0.1, 0.15) is 36.8 Å². The second-order valence-electron chi connectivity index (χ2n) is 5.40. The van der Waals surface area contributed by atoms with Gasteiger partial charge in [-0.25, -0.2) is 4.39 Å². The van der Waals surface area contributed by atoms with Crippen LogP contribution < -0.4 is 5.32 Å². The van der Waals surface area contributed by atoms with Crippen LogP contribution in [0.25, 0.3) is 0 Å². The predicted octanol–water partition coefficient (Wildman–Crippen LogP) is 2.66. The van der Waals surface area contributed by atoms with Gasteiger partial charge in [-0.15, -0.1) is 0 Å². The lowest BCUT2D eigenvalue weighted by atomic mass is 9.98. The third-order valence-corrected chi connectivity index (χ3v) is 4.05. The van der Waals surface area contributed by atoms with Crippen LogP contribution in [0.15, 0.2) is 18.2 Å². The third-order valence-electron chi connectivity index (χ3n) is 4.05. The highest BCUT2D eigenvalue weighted by molar-refractivity contribution is 5.34. The first-order valence-electron chi connectivity index (χ1n) is 7.32. The van der Waals surface area contributed by atoms with Crippen molar-refractivity contribution in [1.82, 2.24) is 10.2 Å².